The van der Waals surface area contributed by atoms with Crippen molar-refractivity contribution in [2.24, 2.45) is 0 Å². The summed E-state index contributed by atoms with van der Waals surface area (Å²) < 4.78 is 27.2. The van der Waals surface area contributed by atoms with Crippen molar-refractivity contribution in [2.45, 2.75) is 37.5 Å². The van der Waals surface area contributed by atoms with Gasteiger partial charge in [0.15, 0.2) is 0 Å². The van der Waals surface area contributed by atoms with Crippen molar-refractivity contribution in [3.63, 3.8) is 0 Å². The highest BCUT2D eigenvalue weighted by Crippen LogP contribution is 2.20. The molecule has 1 unspecified atom stereocenters. The van der Waals surface area contributed by atoms with Crippen molar-refractivity contribution < 1.29 is 8.42 Å². The van der Waals surface area contributed by atoms with Crippen LogP contribution >= 0.6 is 0 Å². The van der Waals surface area contributed by atoms with Crippen molar-refractivity contribution in [3.05, 3.63) is 65.7 Å². The monoisotopic (exact) mass is 317 g/mol. The quantitative estimate of drug-likeness (QED) is 0.846. The molecule has 0 heterocycles. The lowest BCUT2D eigenvalue weighted by molar-refractivity contribution is 0.581. The minimum atomic E-state index is -3.43. The Morgan fingerprint density at radius 2 is 1.64 bits per heavy atom. The SMILES string of the molecule is CCC(C)c1ccc(S(=O)(=O)NCCc2ccccc2)cc1. The van der Waals surface area contributed by atoms with Crippen LogP contribution in [-0.2, 0) is 16.4 Å². The molecule has 0 aliphatic heterocycles. The van der Waals surface area contributed by atoms with Crippen LogP contribution in [0.3, 0.4) is 0 Å². The molecule has 0 aliphatic rings. The zero-order valence-electron chi connectivity index (χ0n) is 13.1. The number of hydrogen-bond donors (Lipinski definition) is 1. The number of hydrogen-bond acceptors (Lipinski definition) is 2. The van der Waals surface area contributed by atoms with Crippen molar-refractivity contribution in [1.29, 1.82) is 0 Å². The highest BCUT2D eigenvalue weighted by Gasteiger charge is 2.13. The Hall–Kier alpha value is -1.65. The Balaban J connectivity index is 1.98. The lowest BCUT2D eigenvalue weighted by Crippen LogP contribution is -2.26. The first-order valence-corrected chi connectivity index (χ1v) is 9.15. The molecule has 0 fully saturated rings. The fourth-order valence-corrected chi connectivity index (χ4v) is 3.30. The maximum Gasteiger partial charge on any atom is 0.240 e. The van der Waals surface area contributed by atoms with E-state index in [9.17, 15) is 8.42 Å². The second-order valence-corrected chi connectivity index (χ2v) is 7.28. The van der Waals surface area contributed by atoms with E-state index in [1.165, 1.54) is 5.56 Å². The summed E-state index contributed by atoms with van der Waals surface area (Å²) in [6, 6.07) is 17.0. The van der Waals surface area contributed by atoms with Crippen LogP contribution in [0, 0.1) is 0 Å². The fourth-order valence-electron chi connectivity index (χ4n) is 2.27. The number of nitrogens with one attached hydrogen (secondary N) is 1. The zero-order valence-corrected chi connectivity index (χ0v) is 13.9. The van der Waals surface area contributed by atoms with E-state index in [4.69, 9.17) is 0 Å². The fraction of sp³-hybridized carbons (Fsp3) is 0.333. The van der Waals surface area contributed by atoms with Crippen LogP contribution < -0.4 is 4.72 Å². The summed E-state index contributed by atoms with van der Waals surface area (Å²) in [7, 11) is -3.43. The third kappa shape index (κ3) is 4.42. The van der Waals surface area contributed by atoms with Gasteiger partial charge in [-0.05, 0) is 42.0 Å². The van der Waals surface area contributed by atoms with E-state index in [1.54, 1.807) is 12.1 Å². The minimum Gasteiger partial charge on any atom is -0.211 e. The first-order valence-electron chi connectivity index (χ1n) is 7.66. The number of sulfonamides is 1. The van der Waals surface area contributed by atoms with Gasteiger partial charge in [0.2, 0.25) is 10.0 Å². The van der Waals surface area contributed by atoms with E-state index >= 15 is 0 Å². The van der Waals surface area contributed by atoms with E-state index < -0.39 is 10.0 Å². The predicted molar refractivity (Wildman–Crippen MR) is 90.5 cm³/mol. The minimum absolute atomic E-state index is 0.326. The van der Waals surface area contributed by atoms with Gasteiger partial charge in [0, 0.05) is 6.54 Å². The van der Waals surface area contributed by atoms with Gasteiger partial charge in [-0.1, -0.05) is 56.3 Å². The number of benzene rings is 2. The Kier molecular flexibility index (Phi) is 5.75. The molecule has 0 saturated carbocycles. The third-order valence-corrected chi connectivity index (χ3v) is 5.40. The molecule has 118 valence electrons. The second kappa shape index (κ2) is 7.56. The maximum atomic E-state index is 12.3. The highest BCUT2D eigenvalue weighted by molar-refractivity contribution is 7.89. The van der Waals surface area contributed by atoms with Gasteiger partial charge in [-0.3, -0.25) is 0 Å². The van der Waals surface area contributed by atoms with Gasteiger partial charge in [-0.2, -0.15) is 0 Å². The first-order chi connectivity index (χ1) is 10.5. The Morgan fingerprint density at radius 3 is 2.23 bits per heavy atom. The normalized spacial score (nSPS) is 13.0. The molecular formula is C18H23NO2S. The molecule has 4 heteroatoms. The molecule has 0 spiro atoms. The molecule has 0 saturated heterocycles. The van der Waals surface area contributed by atoms with E-state index in [-0.39, 0.29) is 0 Å². The van der Waals surface area contributed by atoms with Gasteiger partial charge in [0.1, 0.15) is 0 Å². The molecule has 2 aromatic carbocycles. The van der Waals surface area contributed by atoms with E-state index in [0.29, 0.717) is 23.8 Å². The van der Waals surface area contributed by atoms with E-state index in [0.717, 1.165) is 12.0 Å². The summed E-state index contributed by atoms with van der Waals surface area (Å²) in [4.78, 5) is 0.326. The number of rotatable bonds is 7. The second-order valence-electron chi connectivity index (χ2n) is 5.51. The van der Waals surface area contributed by atoms with E-state index in [2.05, 4.69) is 18.6 Å². The smallest absolute Gasteiger partial charge is 0.211 e. The van der Waals surface area contributed by atoms with E-state index in [1.807, 2.05) is 42.5 Å². The predicted octanol–water partition coefficient (Wildman–Crippen LogP) is 3.72. The molecule has 1 N–H and O–H groups in total. The average Bonchev–Trinajstić information content (AvgIpc) is 2.55. The van der Waals surface area contributed by atoms with Crippen molar-refractivity contribution in [3.8, 4) is 0 Å². The van der Waals surface area contributed by atoms with Crippen molar-refractivity contribution in [2.75, 3.05) is 6.54 Å². The molecular weight excluding hydrogens is 294 g/mol. The van der Waals surface area contributed by atoms with Gasteiger partial charge < -0.3 is 0 Å². The molecule has 3 nitrogen and oxygen atoms in total. The van der Waals surface area contributed by atoms with Crippen LogP contribution in [0.5, 0.6) is 0 Å². The Labute approximate surface area is 133 Å². The third-order valence-electron chi connectivity index (χ3n) is 3.92. The summed E-state index contributed by atoms with van der Waals surface area (Å²) in [5.41, 5.74) is 2.29. The van der Waals surface area contributed by atoms with Gasteiger partial charge in [-0.15, -0.1) is 0 Å². The lowest BCUT2D eigenvalue weighted by Gasteiger charge is -2.11. The van der Waals surface area contributed by atoms with Crippen LogP contribution in [0.4, 0.5) is 0 Å². The van der Waals surface area contributed by atoms with Crippen LogP contribution in [0.15, 0.2) is 59.5 Å². The molecule has 0 aliphatic carbocycles. The van der Waals surface area contributed by atoms with Crippen LogP contribution in [0.2, 0.25) is 0 Å². The zero-order chi connectivity index (χ0) is 16.0. The Morgan fingerprint density at radius 1 is 1.00 bits per heavy atom. The topological polar surface area (TPSA) is 46.2 Å². The Bertz CT molecular complexity index is 679. The molecule has 0 bridgehead atoms. The summed E-state index contributed by atoms with van der Waals surface area (Å²) in [5, 5.41) is 0. The summed E-state index contributed by atoms with van der Waals surface area (Å²) in [6.45, 7) is 4.67. The largest absolute Gasteiger partial charge is 0.240 e. The summed E-state index contributed by atoms with van der Waals surface area (Å²) in [5.74, 6) is 0.447. The molecule has 2 rings (SSSR count). The van der Waals surface area contributed by atoms with Crippen molar-refractivity contribution in [1.82, 2.24) is 4.72 Å². The van der Waals surface area contributed by atoms with Crippen LogP contribution in [-0.4, -0.2) is 15.0 Å². The van der Waals surface area contributed by atoms with Gasteiger partial charge in [0.25, 0.3) is 0 Å². The summed E-state index contributed by atoms with van der Waals surface area (Å²) in [6.07, 6.45) is 1.73. The molecule has 0 radical (unpaired) electrons. The highest BCUT2D eigenvalue weighted by atomic mass is 32.2. The standard InChI is InChI=1S/C18H23NO2S/c1-3-15(2)17-9-11-18(12-10-17)22(20,21)19-14-13-16-7-5-4-6-8-16/h4-12,15,19H,3,13-14H2,1-2H3. The van der Waals surface area contributed by atoms with Crippen LogP contribution in [0.1, 0.15) is 37.3 Å². The molecule has 22 heavy (non-hydrogen) atoms. The van der Waals surface area contributed by atoms with Crippen molar-refractivity contribution >= 4 is 10.0 Å². The first kappa shape index (κ1) is 16.7. The summed E-state index contributed by atoms with van der Waals surface area (Å²) >= 11 is 0. The molecule has 2 aromatic rings. The molecule has 1 atom stereocenters. The molecule has 0 aromatic heterocycles. The lowest BCUT2D eigenvalue weighted by atomic mass is 9.99. The van der Waals surface area contributed by atoms with Gasteiger partial charge >= 0.3 is 0 Å². The molecule has 0 amide bonds. The van der Waals surface area contributed by atoms with Crippen LogP contribution in [0.25, 0.3) is 0 Å². The van der Waals surface area contributed by atoms with Gasteiger partial charge in [-0.25, -0.2) is 13.1 Å². The average molecular weight is 317 g/mol. The van der Waals surface area contributed by atoms with Gasteiger partial charge in [0.05, 0.1) is 4.90 Å². The maximum absolute atomic E-state index is 12.3.